The molecule has 2 aromatic carbocycles. The second kappa shape index (κ2) is 7.30. The van der Waals surface area contributed by atoms with Gasteiger partial charge in [-0.25, -0.2) is 0 Å². The Balaban J connectivity index is 1.33. The van der Waals surface area contributed by atoms with E-state index in [1.807, 2.05) is 24.3 Å². The Morgan fingerprint density at radius 2 is 1.96 bits per heavy atom. The predicted molar refractivity (Wildman–Crippen MR) is 95.0 cm³/mol. The molecule has 1 N–H and O–H groups in total. The third kappa shape index (κ3) is 3.78. The van der Waals surface area contributed by atoms with Crippen LogP contribution in [0.2, 0.25) is 0 Å². The summed E-state index contributed by atoms with van der Waals surface area (Å²) in [5.74, 6) is 2.41. The lowest BCUT2D eigenvalue weighted by Crippen LogP contribution is -2.24. The standard InChI is InChI=1S/C17H15BrN4O4/c18-12-3-1-11(2-4-12)17-19-21-22(20-17)8-13(23)9-24-14-5-6-15-16(7-14)26-10-25-15/h1-7,13,23H,8-10H2. The third-order valence-corrected chi connectivity index (χ3v) is 4.24. The number of aliphatic hydroxyl groups excluding tert-OH is 1. The van der Waals surface area contributed by atoms with Gasteiger partial charge in [0.25, 0.3) is 0 Å². The van der Waals surface area contributed by atoms with E-state index in [1.54, 1.807) is 18.2 Å². The molecule has 134 valence electrons. The van der Waals surface area contributed by atoms with Crippen LogP contribution >= 0.6 is 15.9 Å². The lowest BCUT2D eigenvalue weighted by Gasteiger charge is -2.11. The van der Waals surface area contributed by atoms with Gasteiger partial charge >= 0.3 is 0 Å². The first-order valence-electron chi connectivity index (χ1n) is 7.91. The number of hydrogen-bond acceptors (Lipinski definition) is 7. The average Bonchev–Trinajstić information content (AvgIpc) is 3.29. The molecule has 0 amide bonds. The molecule has 0 fully saturated rings. The van der Waals surface area contributed by atoms with Crippen LogP contribution < -0.4 is 14.2 Å². The third-order valence-electron chi connectivity index (χ3n) is 3.72. The van der Waals surface area contributed by atoms with Crippen LogP contribution in [0.1, 0.15) is 0 Å². The van der Waals surface area contributed by atoms with Crippen LogP contribution in [0.4, 0.5) is 0 Å². The van der Waals surface area contributed by atoms with Gasteiger partial charge < -0.3 is 19.3 Å². The van der Waals surface area contributed by atoms with Crippen molar-refractivity contribution in [3.63, 3.8) is 0 Å². The highest BCUT2D eigenvalue weighted by Crippen LogP contribution is 2.35. The van der Waals surface area contributed by atoms with Gasteiger partial charge in [0.1, 0.15) is 18.5 Å². The second-order valence-corrected chi connectivity index (χ2v) is 6.57. The van der Waals surface area contributed by atoms with Gasteiger partial charge in [0, 0.05) is 16.1 Å². The van der Waals surface area contributed by atoms with E-state index in [9.17, 15) is 5.11 Å². The molecule has 0 saturated heterocycles. The van der Waals surface area contributed by atoms with E-state index in [4.69, 9.17) is 14.2 Å². The van der Waals surface area contributed by atoms with Gasteiger partial charge in [0.2, 0.25) is 12.6 Å². The first-order chi connectivity index (χ1) is 12.7. The monoisotopic (exact) mass is 418 g/mol. The molecule has 1 atom stereocenters. The molecular formula is C17H15BrN4O4. The highest BCUT2D eigenvalue weighted by Gasteiger charge is 2.15. The maximum atomic E-state index is 10.2. The number of tetrazole rings is 1. The SMILES string of the molecule is OC(COc1ccc2c(c1)OCO2)Cn1nnc(-c2ccc(Br)cc2)n1. The minimum atomic E-state index is -0.785. The normalized spacial score (nSPS) is 13.6. The average molecular weight is 419 g/mol. The number of benzene rings is 2. The van der Waals surface area contributed by atoms with Crippen LogP contribution in [0.5, 0.6) is 17.2 Å². The van der Waals surface area contributed by atoms with E-state index in [2.05, 4.69) is 31.3 Å². The second-order valence-electron chi connectivity index (χ2n) is 5.65. The number of nitrogens with zero attached hydrogens (tertiary/aromatic N) is 4. The van der Waals surface area contributed by atoms with E-state index in [-0.39, 0.29) is 19.9 Å². The summed E-state index contributed by atoms with van der Waals surface area (Å²) in [5.41, 5.74) is 0.852. The maximum absolute atomic E-state index is 10.2. The van der Waals surface area contributed by atoms with Crippen molar-refractivity contribution in [2.24, 2.45) is 0 Å². The lowest BCUT2D eigenvalue weighted by molar-refractivity contribution is 0.0848. The first kappa shape index (κ1) is 16.8. The Labute approximate surface area is 157 Å². The van der Waals surface area contributed by atoms with Crippen LogP contribution in [0.15, 0.2) is 46.9 Å². The minimum absolute atomic E-state index is 0.0921. The minimum Gasteiger partial charge on any atom is -0.491 e. The van der Waals surface area contributed by atoms with Crippen molar-refractivity contribution in [2.45, 2.75) is 12.6 Å². The topological polar surface area (TPSA) is 91.5 Å². The number of aromatic nitrogens is 4. The van der Waals surface area contributed by atoms with E-state index >= 15 is 0 Å². The number of ether oxygens (including phenoxy) is 3. The Morgan fingerprint density at radius 1 is 1.15 bits per heavy atom. The molecule has 3 aromatic rings. The summed E-state index contributed by atoms with van der Waals surface area (Å²) in [6.45, 7) is 0.475. The molecule has 0 spiro atoms. The van der Waals surface area contributed by atoms with Crippen LogP contribution in [0.25, 0.3) is 11.4 Å². The van der Waals surface area contributed by atoms with E-state index < -0.39 is 6.10 Å². The lowest BCUT2D eigenvalue weighted by atomic mass is 10.2. The Kier molecular flexibility index (Phi) is 4.72. The summed E-state index contributed by atoms with van der Waals surface area (Å²) in [4.78, 5) is 1.35. The highest BCUT2D eigenvalue weighted by atomic mass is 79.9. The molecule has 1 aliphatic heterocycles. The van der Waals surface area contributed by atoms with E-state index in [1.165, 1.54) is 4.80 Å². The smallest absolute Gasteiger partial charge is 0.231 e. The fraction of sp³-hybridized carbons (Fsp3) is 0.235. The summed E-state index contributed by atoms with van der Waals surface area (Å²) in [6, 6.07) is 12.9. The summed E-state index contributed by atoms with van der Waals surface area (Å²) < 4.78 is 17.1. The van der Waals surface area contributed by atoms with Gasteiger partial charge in [0.15, 0.2) is 11.5 Å². The molecule has 8 nitrogen and oxygen atoms in total. The van der Waals surface area contributed by atoms with Gasteiger partial charge in [-0.05, 0) is 41.6 Å². The summed E-state index contributed by atoms with van der Waals surface area (Å²) in [5, 5.41) is 22.4. The summed E-state index contributed by atoms with van der Waals surface area (Å²) >= 11 is 3.39. The van der Waals surface area contributed by atoms with Gasteiger partial charge in [-0.15, -0.1) is 10.2 Å². The van der Waals surface area contributed by atoms with E-state index in [0.717, 1.165) is 10.0 Å². The van der Waals surface area contributed by atoms with Crippen LogP contribution in [-0.4, -0.2) is 44.8 Å². The molecule has 26 heavy (non-hydrogen) atoms. The van der Waals surface area contributed by atoms with E-state index in [0.29, 0.717) is 23.1 Å². The number of aliphatic hydroxyl groups is 1. The molecule has 9 heteroatoms. The van der Waals surface area contributed by atoms with Crippen molar-refractivity contribution in [1.82, 2.24) is 20.2 Å². The van der Waals surface area contributed by atoms with Gasteiger partial charge in [-0.2, -0.15) is 4.80 Å². The molecular weight excluding hydrogens is 404 g/mol. The number of fused-ring (bicyclic) bond motifs is 1. The maximum Gasteiger partial charge on any atom is 0.231 e. The number of rotatable bonds is 6. The van der Waals surface area contributed by atoms with Crippen molar-refractivity contribution >= 4 is 15.9 Å². The van der Waals surface area contributed by atoms with Crippen LogP contribution in [0.3, 0.4) is 0 Å². The predicted octanol–water partition coefficient (Wildman–Crippen LogP) is 2.27. The Morgan fingerprint density at radius 3 is 2.81 bits per heavy atom. The quantitative estimate of drug-likeness (QED) is 0.656. The van der Waals surface area contributed by atoms with Crippen molar-refractivity contribution in [1.29, 1.82) is 0 Å². The fourth-order valence-electron chi connectivity index (χ4n) is 2.44. The molecule has 1 aromatic heterocycles. The molecule has 0 bridgehead atoms. The van der Waals surface area contributed by atoms with Gasteiger partial charge in [0.05, 0.1) is 6.54 Å². The Bertz CT molecular complexity index is 900. The largest absolute Gasteiger partial charge is 0.491 e. The van der Waals surface area contributed by atoms with Crippen LogP contribution in [0, 0.1) is 0 Å². The van der Waals surface area contributed by atoms with Crippen molar-refractivity contribution in [2.75, 3.05) is 13.4 Å². The molecule has 4 rings (SSSR count). The Hall–Kier alpha value is -2.65. The summed E-state index contributed by atoms with van der Waals surface area (Å²) in [6.07, 6.45) is -0.785. The van der Waals surface area contributed by atoms with Crippen molar-refractivity contribution < 1.29 is 19.3 Å². The number of halogens is 1. The van der Waals surface area contributed by atoms with Crippen molar-refractivity contribution in [3.05, 3.63) is 46.9 Å². The number of hydrogen-bond donors (Lipinski definition) is 1. The van der Waals surface area contributed by atoms with Gasteiger partial charge in [-0.1, -0.05) is 15.9 Å². The molecule has 1 aliphatic rings. The fourth-order valence-corrected chi connectivity index (χ4v) is 2.70. The molecule has 0 aliphatic carbocycles. The molecule has 2 heterocycles. The first-order valence-corrected chi connectivity index (χ1v) is 8.71. The molecule has 0 radical (unpaired) electrons. The van der Waals surface area contributed by atoms with Gasteiger partial charge in [-0.3, -0.25) is 0 Å². The summed E-state index contributed by atoms with van der Waals surface area (Å²) in [7, 11) is 0. The zero-order chi connectivity index (χ0) is 17.9. The van der Waals surface area contributed by atoms with Crippen LogP contribution in [-0.2, 0) is 6.54 Å². The molecule has 0 saturated carbocycles. The zero-order valence-electron chi connectivity index (χ0n) is 13.6. The molecule has 1 unspecified atom stereocenters. The highest BCUT2D eigenvalue weighted by molar-refractivity contribution is 9.10. The van der Waals surface area contributed by atoms with Crippen molar-refractivity contribution in [3.8, 4) is 28.6 Å². The zero-order valence-corrected chi connectivity index (χ0v) is 15.2.